The third-order valence-electron chi connectivity index (χ3n) is 12.9. The van der Waals surface area contributed by atoms with Crippen molar-refractivity contribution in [1.29, 1.82) is 0 Å². The van der Waals surface area contributed by atoms with E-state index in [2.05, 4.69) is 218 Å². The Bertz CT molecular complexity index is 3400. The normalized spacial score (nSPS) is 10.7. The molecule has 2 heterocycles. The van der Waals surface area contributed by atoms with Crippen LogP contribution in [0.3, 0.4) is 0 Å². The van der Waals surface area contributed by atoms with E-state index in [-0.39, 0.29) is 44.6 Å². The molecule has 12 aromatic rings. The largest absolute Gasteiger partial charge is 0.455 e. The molecule has 0 amide bonds. The molecule has 0 radical (unpaired) electrons. The Morgan fingerprint density at radius 2 is 0.696 bits per heavy atom. The van der Waals surface area contributed by atoms with Gasteiger partial charge in [-0.25, -0.2) is 0 Å². The van der Waals surface area contributed by atoms with Crippen LogP contribution in [0.25, 0.3) is 110 Å². The summed E-state index contributed by atoms with van der Waals surface area (Å²) in [6.07, 6.45) is 2.18. The Hall–Kier alpha value is -7.88. The summed E-state index contributed by atoms with van der Waals surface area (Å²) in [7, 11) is 0. The monoisotopic (exact) mass is 906 g/mol. The first-order valence-corrected chi connectivity index (χ1v) is 22.0. The highest BCUT2D eigenvalue weighted by atomic mass is 16.3. The van der Waals surface area contributed by atoms with Crippen molar-refractivity contribution in [2.24, 2.45) is 0 Å². The van der Waals surface area contributed by atoms with E-state index in [1.54, 1.807) is 0 Å². The number of para-hydroxylation sites is 2. The van der Waals surface area contributed by atoms with Crippen LogP contribution in [0.4, 0.5) is 11.4 Å². The van der Waals surface area contributed by atoms with Crippen molar-refractivity contribution in [2.75, 3.05) is 11.4 Å². The third-order valence-corrected chi connectivity index (χ3v) is 12.9. The van der Waals surface area contributed by atoms with Crippen LogP contribution in [0, 0.1) is 0 Å². The molecule has 2 aromatic heterocycles. The van der Waals surface area contributed by atoms with Crippen LogP contribution < -0.4 is 4.90 Å². The molecule has 0 aliphatic carbocycles. The van der Waals surface area contributed by atoms with Crippen LogP contribution in [0.1, 0.15) is 64.3 Å². The first kappa shape index (κ1) is 50.5. The lowest BCUT2D eigenvalue weighted by atomic mass is 9.95. The van der Waals surface area contributed by atoms with E-state index in [0.717, 1.165) is 119 Å². The molecule has 0 N–H and O–H groups in total. The summed E-state index contributed by atoms with van der Waals surface area (Å²) in [6.45, 7) is 3.17. The van der Waals surface area contributed by atoms with Crippen molar-refractivity contribution in [3.05, 3.63) is 206 Å². The van der Waals surface area contributed by atoms with Crippen LogP contribution in [0.5, 0.6) is 0 Å². The average molecular weight is 906 g/mol. The van der Waals surface area contributed by atoms with Gasteiger partial charge in [-0.05, 0) is 86.6 Å². The lowest BCUT2D eigenvalue weighted by Gasteiger charge is -2.25. The summed E-state index contributed by atoms with van der Waals surface area (Å²) in [6, 6.07) is 74.1. The Labute approximate surface area is 410 Å². The van der Waals surface area contributed by atoms with Gasteiger partial charge < -0.3 is 13.7 Å². The van der Waals surface area contributed by atoms with Gasteiger partial charge in [-0.3, -0.25) is 0 Å². The van der Waals surface area contributed by atoms with E-state index in [0.29, 0.717) is 0 Å². The summed E-state index contributed by atoms with van der Waals surface area (Å²) in [5, 5.41) is 9.42. The highest BCUT2D eigenvalue weighted by Gasteiger charge is 2.21. The van der Waals surface area contributed by atoms with Gasteiger partial charge in [0, 0.05) is 61.7 Å². The first-order chi connectivity index (χ1) is 31.2. The second kappa shape index (κ2) is 21.0. The van der Waals surface area contributed by atoms with Gasteiger partial charge >= 0.3 is 0 Å². The molecule has 0 fully saturated rings. The van der Waals surface area contributed by atoms with Crippen molar-refractivity contribution in [3.8, 4) is 44.5 Å². The van der Waals surface area contributed by atoms with Crippen LogP contribution in [0.2, 0.25) is 0 Å². The topological polar surface area (TPSA) is 29.5 Å². The zero-order valence-electron chi connectivity index (χ0n) is 35.0. The highest BCUT2D eigenvalue weighted by molar-refractivity contribution is 6.25. The minimum Gasteiger partial charge on any atom is -0.455 e. The number of rotatable bonds is 9. The molecule has 10 aromatic carbocycles. The van der Waals surface area contributed by atoms with Crippen molar-refractivity contribution in [1.82, 2.24) is 0 Å². The lowest BCUT2D eigenvalue weighted by Crippen LogP contribution is -2.18. The van der Waals surface area contributed by atoms with Gasteiger partial charge in [0.2, 0.25) is 0 Å². The van der Waals surface area contributed by atoms with Gasteiger partial charge in [-0.1, -0.05) is 228 Å². The molecule has 3 heteroatoms. The molecule has 348 valence electrons. The van der Waals surface area contributed by atoms with Crippen molar-refractivity contribution >= 4 is 76.8 Å². The SMILES string of the molecule is C.C.C.C.C.C.CCCCN(c1ccc(-c2cccc3c2oc2c(-c4ccccc4)cc4ccccc4c23)cc1)c1ccc(-c2cccc3c2oc2c(-c4ccccc4)cc4ccccc4c23)cc1. The predicted molar refractivity (Wildman–Crippen MR) is 306 cm³/mol. The van der Waals surface area contributed by atoms with Crippen molar-refractivity contribution in [2.45, 2.75) is 64.3 Å². The maximum atomic E-state index is 6.95. The second-order valence-corrected chi connectivity index (χ2v) is 16.6. The molecule has 0 atom stereocenters. The van der Waals surface area contributed by atoms with Gasteiger partial charge in [-0.2, -0.15) is 0 Å². The zero-order chi connectivity index (χ0) is 41.9. The van der Waals surface area contributed by atoms with Crippen LogP contribution in [0.15, 0.2) is 215 Å². The summed E-state index contributed by atoms with van der Waals surface area (Å²) in [4.78, 5) is 2.44. The van der Waals surface area contributed by atoms with E-state index in [9.17, 15) is 0 Å². The highest BCUT2D eigenvalue weighted by Crippen LogP contribution is 2.46. The minimum atomic E-state index is 0. The lowest BCUT2D eigenvalue weighted by molar-refractivity contribution is 0.671. The molecular weight excluding hydrogens is 839 g/mol. The number of furan rings is 2. The zero-order valence-corrected chi connectivity index (χ0v) is 35.0. The van der Waals surface area contributed by atoms with Gasteiger partial charge in [0.25, 0.3) is 0 Å². The average Bonchev–Trinajstić information content (AvgIpc) is 3.95. The number of anilines is 2. The van der Waals surface area contributed by atoms with Crippen molar-refractivity contribution < 1.29 is 8.83 Å². The molecule has 12 rings (SSSR count). The van der Waals surface area contributed by atoms with E-state index >= 15 is 0 Å². The summed E-state index contributed by atoms with van der Waals surface area (Å²) < 4.78 is 13.9. The molecule has 0 spiro atoms. The summed E-state index contributed by atoms with van der Waals surface area (Å²) >= 11 is 0. The second-order valence-electron chi connectivity index (χ2n) is 16.6. The van der Waals surface area contributed by atoms with E-state index in [4.69, 9.17) is 8.83 Å². The Kier molecular flexibility index (Phi) is 15.4. The maximum absolute atomic E-state index is 6.95. The molecular formula is C66H67NO2. The van der Waals surface area contributed by atoms with Crippen LogP contribution in [-0.2, 0) is 0 Å². The Morgan fingerprint density at radius 1 is 0.333 bits per heavy atom. The number of hydrogen-bond donors (Lipinski definition) is 0. The van der Waals surface area contributed by atoms with Crippen LogP contribution >= 0.6 is 0 Å². The van der Waals surface area contributed by atoms with Crippen LogP contribution in [-0.4, -0.2) is 6.54 Å². The first-order valence-electron chi connectivity index (χ1n) is 22.0. The van der Waals surface area contributed by atoms with E-state index in [1.807, 2.05) is 0 Å². The van der Waals surface area contributed by atoms with Gasteiger partial charge in [0.05, 0.1) is 0 Å². The Balaban J connectivity index is 0.00000130. The fourth-order valence-electron chi connectivity index (χ4n) is 9.78. The molecule has 0 unspecified atom stereocenters. The Morgan fingerprint density at radius 3 is 1.10 bits per heavy atom. The number of fused-ring (bicyclic) bond motifs is 10. The molecule has 69 heavy (non-hydrogen) atoms. The predicted octanol–water partition coefficient (Wildman–Crippen LogP) is 21.2. The maximum Gasteiger partial charge on any atom is 0.143 e. The number of nitrogens with zero attached hydrogens (tertiary/aromatic N) is 1. The quantitative estimate of drug-likeness (QED) is 0.145. The minimum absolute atomic E-state index is 0. The molecule has 3 nitrogen and oxygen atoms in total. The van der Waals surface area contributed by atoms with E-state index < -0.39 is 0 Å². The molecule has 0 aliphatic heterocycles. The van der Waals surface area contributed by atoms with Gasteiger partial charge in [-0.15, -0.1) is 0 Å². The number of hydrogen-bond acceptors (Lipinski definition) is 3. The van der Waals surface area contributed by atoms with Crippen molar-refractivity contribution in [3.63, 3.8) is 0 Å². The standard InChI is InChI=1S/C60H43NO2.6CH4/c1-2-3-36-61(45-32-28-41(29-33-45)49-24-14-26-51-55-47-22-12-10-20-43(47)37-53(59(55)62-57(49)51)39-16-6-4-7-17-39)46-34-30-42(31-35-46)50-25-15-27-52-56-48-23-13-11-21-44(48)38-54(60(56)63-58(50)52)40-18-8-5-9-19-40;;;;;;/h4-35,37-38H,2-3,36H2,1H3;6*1H4. The van der Waals surface area contributed by atoms with E-state index in [1.165, 1.54) is 21.5 Å². The fourth-order valence-corrected chi connectivity index (χ4v) is 9.78. The summed E-state index contributed by atoms with van der Waals surface area (Å²) in [5.74, 6) is 0. The summed E-state index contributed by atoms with van der Waals surface area (Å²) in [5.41, 5.74) is 15.0. The van der Waals surface area contributed by atoms with Gasteiger partial charge in [0.15, 0.2) is 0 Å². The third kappa shape index (κ3) is 8.55. The molecule has 0 bridgehead atoms. The van der Waals surface area contributed by atoms with Gasteiger partial charge in [0.1, 0.15) is 22.3 Å². The number of benzene rings is 10. The molecule has 0 aliphatic rings. The molecule has 0 saturated carbocycles. The fraction of sp³-hybridized carbons (Fsp3) is 0.152. The number of unbranched alkanes of at least 4 members (excludes halogenated alkanes) is 1. The smallest absolute Gasteiger partial charge is 0.143 e. The molecule has 0 saturated heterocycles.